The van der Waals surface area contributed by atoms with Crippen molar-refractivity contribution in [2.45, 2.75) is 32.4 Å². The number of piperidine rings is 1. The van der Waals surface area contributed by atoms with Gasteiger partial charge >= 0.3 is 0 Å². The van der Waals surface area contributed by atoms with Crippen LogP contribution in [0.1, 0.15) is 24.6 Å². The first kappa shape index (κ1) is 18.6. The first-order valence-corrected chi connectivity index (χ1v) is 9.91. The number of hydrogen-bond donors (Lipinski definition) is 2. The van der Waals surface area contributed by atoms with Gasteiger partial charge in [0.25, 0.3) is 0 Å². The summed E-state index contributed by atoms with van der Waals surface area (Å²) in [5, 5.41) is 7.99. The van der Waals surface area contributed by atoms with Crippen LogP contribution in [-0.2, 0) is 16.1 Å². The number of benzene rings is 1. The molecule has 1 aromatic heterocycles. The number of nitrogens with one attached hydrogen (secondary N) is 2. The number of para-hydroxylation sites is 1. The summed E-state index contributed by atoms with van der Waals surface area (Å²) in [6.45, 7) is 4.05. The Hall–Kier alpha value is -2.18. The molecule has 5 nitrogen and oxygen atoms in total. The van der Waals surface area contributed by atoms with Crippen LogP contribution in [0.15, 0.2) is 47.8 Å². The monoisotopic (exact) mass is 371 g/mol. The Bertz CT molecular complexity index is 710. The lowest BCUT2D eigenvalue weighted by atomic mass is 9.94. The molecule has 0 radical (unpaired) electrons. The molecular weight excluding hydrogens is 346 g/mol. The maximum atomic E-state index is 12.4. The molecule has 26 heavy (non-hydrogen) atoms. The SMILES string of the molecule is C[C@H](C(=O)NCc1cccs1)N1CCC(C(=O)Nc2ccccc2)CC1. The zero-order valence-electron chi connectivity index (χ0n) is 15.0. The molecule has 1 aliphatic rings. The molecule has 1 aromatic carbocycles. The van der Waals surface area contributed by atoms with Crippen LogP contribution in [-0.4, -0.2) is 35.8 Å². The average Bonchev–Trinajstić information content (AvgIpc) is 3.20. The maximum Gasteiger partial charge on any atom is 0.237 e. The molecule has 0 saturated carbocycles. The summed E-state index contributed by atoms with van der Waals surface area (Å²) >= 11 is 1.64. The highest BCUT2D eigenvalue weighted by Gasteiger charge is 2.29. The van der Waals surface area contributed by atoms with Gasteiger partial charge in [-0.05, 0) is 56.4 Å². The molecule has 2 heterocycles. The summed E-state index contributed by atoms with van der Waals surface area (Å²) in [4.78, 5) is 28.1. The third kappa shape index (κ3) is 4.93. The van der Waals surface area contributed by atoms with Gasteiger partial charge in [0.1, 0.15) is 0 Å². The Morgan fingerprint density at radius 3 is 2.54 bits per heavy atom. The van der Waals surface area contributed by atoms with Crippen LogP contribution >= 0.6 is 11.3 Å². The fraction of sp³-hybridized carbons (Fsp3) is 0.400. The van der Waals surface area contributed by atoms with Gasteiger partial charge in [-0.3, -0.25) is 14.5 Å². The number of rotatable bonds is 6. The Kier molecular flexibility index (Phi) is 6.41. The van der Waals surface area contributed by atoms with Gasteiger partial charge in [-0.2, -0.15) is 0 Å². The van der Waals surface area contributed by atoms with Crippen molar-refractivity contribution in [1.82, 2.24) is 10.2 Å². The van der Waals surface area contributed by atoms with Crippen molar-refractivity contribution >= 4 is 28.8 Å². The van der Waals surface area contributed by atoms with E-state index < -0.39 is 0 Å². The fourth-order valence-electron chi connectivity index (χ4n) is 3.22. The van der Waals surface area contributed by atoms with E-state index in [2.05, 4.69) is 15.5 Å². The molecule has 0 bridgehead atoms. The second-order valence-electron chi connectivity index (χ2n) is 6.64. The molecule has 1 aliphatic heterocycles. The lowest BCUT2D eigenvalue weighted by molar-refractivity contribution is -0.127. The van der Waals surface area contributed by atoms with Crippen molar-refractivity contribution in [3.8, 4) is 0 Å². The molecule has 2 amide bonds. The van der Waals surface area contributed by atoms with Gasteiger partial charge in [0.15, 0.2) is 0 Å². The molecule has 1 fully saturated rings. The van der Waals surface area contributed by atoms with Crippen LogP contribution < -0.4 is 10.6 Å². The zero-order valence-corrected chi connectivity index (χ0v) is 15.8. The van der Waals surface area contributed by atoms with Crippen LogP contribution in [0, 0.1) is 5.92 Å². The molecule has 0 spiro atoms. The van der Waals surface area contributed by atoms with E-state index in [1.54, 1.807) is 11.3 Å². The number of hydrogen-bond acceptors (Lipinski definition) is 4. The van der Waals surface area contributed by atoms with Crippen molar-refractivity contribution < 1.29 is 9.59 Å². The lowest BCUT2D eigenvalue weighted by Crippen LogP contribution is -2.49. The summed E-state index contributed by atoms with van der Waals surface area (Å²) in [7, 11) is 0. The summed E-state index contributed by atoms with van der Waals surface area (Å²) < 4.78 is 0. The molecule has 138 valence electrons. The van der Waals surface area contributed by atoms with Gasteiger partial charge in [0.05, 0.1) is 12.6 Å². The Labute approximate surface area is 158 Å². The molecule has 0 aliphatic carbocycles. The summed E-state index contributed by atoms with van der Waals surface area (Å²) in [6.07, 6.45) is 1.56. The van der Waals surface area contributed by atoms with E-state index in [0.29, 0.717) is 6.54 Å². The topological polar surface area (TPSA) is 61.4 Å². The number of thiophene rings is 1. The van der Waals surface area contributed by atoms with Crippen molar-refractivity contribution in [2.75, 3.05) is 18.4 Å². The molecule has 1 saturated heterocycles. The largest absolute Gasteiger partial charge is 0.350 e. The number of likely N-dealkylation sites (tertiary alicyclic amines) is 1. The smallest absolute Gasteiger partial charge is 0.237 e. The molecule has 0 unspecified atom stereocenters. The standard InChI is InChI=1S/C20H25N3O2S/c1-15(19(24)21-14-18-8-5-13-26-18)23-11-9-16(10-12-23)20(25)22-17-6-3-2-4-7-17/h2-8,13,15-16H,9-12,14H2,1H3,(H,21,24)(H,22,25)/t15-/m1/s1. The van der Waals surface area contributed by atoms with Crippen molar-refractivity contribution in [3.63, 3.8) is 0 Å². The number of anilines is 1. The van der Waals surface area contributed by atoms with E-state index in [1.165, 1.54) is 0 Å². The van der Waals surface area contributed by atoms with Gasteiger partial charge < -0.3 is 10.6 Å². The minimum Gasteiger partial charge on any atom is -0.350 e. The molecule has 2 aromatic rings. The Morgan fingerprint density at radius 2 is 1.88 bits per heavy atom. The number of carbonyl (C=O) groups is 2. The Balaban J connectivity index is 1.43. The van der Waals surface area contributed by atoms with E-state index in [0.717, 1.165) is 36.5 Å². The zero-order chi connectivity index (χ0) is 18.4. The predicted molar refractivity (Wildman–Crippen MR) is 105 cm³/mol. The van der Waals surface area contributed by atoms with E-state index in [4.69, 9.17) is 0 Å². The van der Waals surface area contributed by atoms with Crippen molar-refractivity contribution in [3.05, 3.63) is 52.7 Å². The number of carbonyl (C=O) groups excluding carboxylic acids is 2. The first-order chi connectivity index (χ1) is 12.6. The minimum absolute atomic E-state index is 0.00726. The fourth-order valence-corrected chi connectivity index (χ4v) is 3.86. The van der Waals surface area contributed by atoms with Gasteiger partial charge in [-0.25, -0.2) is 0 Å². The van der Waals surface area contributed by atoms with Crippen molar-refractivity contribution in [2.24, 2.45) is 5.92 Å². The summed E-state index contributed by atoms with van der Waals surface area (Å²) in [5.74, 6) is 0.129. The summed E-state index contributed by atoms with van der Waals surface area (Å²) in [5.41, 5.74) is 0.834. The van der Waals surface area contributed by atoms with E-state index in [9.17, 15) is 9.59 Å². The highest BCUT2D eigenvalue weighted by molar-refractivity contribution is 7.09. The third-order valence-corrected chi connectivity index (χ3v) is 5.76. The van der Waals surface area contributed by atoms with Gasteiger partial charge in [-0.15, -0.1) is 11.3 Å². The number of nitrogens with zero attached hydrogens (tertiary/aromatic N) is 1. The van der Waals surface area contributed by atoms with Crippen LogP contribution in [0.2, 0.25) is 0 Å². The predicted octanol–water partition coefficient (Wildman–Crippen LogP) is 3.10. The average molecular weight is 372 g/mol. The van der Waals surface area contributed by atoms with E-state index in [1.807, 2.05) is 54.8 Å². The van der Waals surface area contributed by atoms with Crippen LogP contribution in [0.5, 0.6) is 0 Å². The highest BCUT2D eigenvalue weighted by Crippen LogP contribution is 2.21. The van der Waals surface area contributed by atoms with E-state index in [-0.39, 0.29) is 23.8 Å². The van der Waals surface area contributed by atoms with Crippen LogP contribution in [0.25, 0.3) is 0 Å². The van der Waals surface area contributed by atoms with Gasteiger partial charge in [0.2, 0.25) is 11.8 Å². The molecule has 6 heteroatoms. The normalized spacial score (nSPS) is 16.8. The second-order valence-corrected chi connectivity index (χ2v) is 7.67. The quantitative estimate of drug-likeness (QED) is 0.820. The third-order valence-electron chi connectivity index (χ3n) is 4.89. The summed E-state index contributed by atoms with van der Waals surface area (Å²) in [6, 6.07) is 13.4. The molecule has 3 rings (SSSR count). The van der Waals surface area contributed by atoms with Crippen molar-refractivity contribution in [1.29, 1.82) is 0 Å². The number of amides is 2. The highest BCUT2D eigenvalue weighted by atomic mass is 32.1. The van der Waals surface area contributed by atoms with Gasteiger partial charge in [-0.1, -0.05) is 24.3 Å². The first-order valence-electron chi connectivity index (χ1n) is 9.03. The minimum atomic E-state index is -0.173. The molecular formula is C20H25N3O2S. The Morgan fingerprint density at radius 1 is 1.15 bits per heavy atom. The van der Waals surface area contributed by atoms with E-state index >= 15 is 0 Å². The van der Waals surface area contributed by atoms with Crippen LogP contribution in [0.4, 0.5) is 5.69 Å². The van der Waals surface area contributed by atoms with Gasteiger partial charge in [0, 0.05) is 16.5 Å². The second kappa shape index (κ2) is 8.96. The maximum absolute atomic E-state index is 12.4. The lowest BCUT2D eigenvalue weighted by Gasteiger charge is -2.34. The van der Waals surface area contributed by atoms with Crippen LogP contribution in [0.3, 0.4) is 0 Å². The molecule has 2 N–H and O–H groups in total. The molecule has 1 atom stereocenters.